The van der Waals surface area contributed by atoms with E-state index in [1.807, 2.05) is 30.3 Å². The van der Waals surface area contributed by atoms with Crippen LogP contribution in [0.1, 0.15) is 36.8 Å². The van der Waals surface area contributed by atoms with Gasteiger partial charge in [0.05, 0.1) is 7.11 Å². The van der Waals surface area contributed by atoms with Gasteiger partial charge in [-0.3, -0.25) is 4.79 Å². The molecule has 0 heterocycles. The Bertz CT molecular complexity index is 926. The fourth-order valence-corrected chi connectivity index (χ4v) is 3.41. The van der Waals surface area contributed by atoms with Gasteiger partial charge in [-0.15, -0.1) is 0 Å². The molecule has 1 amide bonds. The molecule has 0 aromatic heterocycles. The molecule has 1 aliphatic carbocycles. The van der Waals surface area contributed by atoms with Gasteiger partial charge in [0.2, 0.25) is 0 Å². The zero-order valence-electron chi connectivity index (χ0n) is 16.3. The van der Waals surface area contributed by atoms with Crippen molar-refractivity contribution in [2.24, 2.45) is 0 Å². The number of rotatable bonds is 7. The Labute approximate surface area is 175 Å². The number of nitriles is 1. The lowest BCUT2D eigenvalue weighted by Crippen LogP contribution is -2.33. The lowest BCUT2D eigenvalue weighted by Gasteiger charge is -2.12. The maximum absolute atomic E-state index is 12.4. The molecule has 2 aromatic rings. The second kappa shape index (κ2) is 9.99. The van der Waals surface area contributed by atoms with Gasteiger partial charge >= 0.3 is 0 Å². The number of methoxy groups -OCH3 is 1. The maximum Gasteiger partial charge on any atom is 0.262 e. The molecule has 0 atom stereocenters. The number of hydrogen-bond donors (Lipinski definition) is 1. The average molecular weight is 411 g/mol. The molecule has 0 bridgehead atoms. The normalized spacial score (nSPS) is 14.3. The predicted molar refractivity (Wildman–Crippen MR) is 113 cm³/mol. The summed E-state index contributed by atoms with van der Waals surface area (Å²) in [6.07, 6.45) is 5.74. The van der Waals surface area contributed by atoms with Crippen LogP contribution in [-0.4, -0.2) is 19.1 Å². The Kier molecular flexibility index (Phi) is 7.15. The minimum atomic E-state index is -0.332. The number of nitrogens with zero attached hydrogens (tertiary/aromatic N) is 1. The molecule has 0 aliphatic heterocycles. The second-order valence-corrected chi connectivity index (χ2v) is 7.39. The Hall–Kier alpha value is -2.97. The summed E-state index contributed by atoms with van der Waals surface area (Å²) in [6.45, 7) is 0.371. The summed E-state index contributed by atoms with van der Waals surface area (Å²) in [7, 11) is 1.55. The van der Waals surface area contributed by atoms with Gasteiger partial charge in [0.25, 0.3) is 5.91 Å². The first-order valence-corrected chi connectivity index (χ1v) is 9.95. The molecule has 0 unspecified atom stereocenters. The summed E-state index contributed by atoms with van der Waals surface area (Å²) < 4.78 is 11.3. The first-order valence-electron chi connectivity index (χ1n) is 9.57. The number of hydrogen-bond acceptors (Lipinski definition) is 4. The molecule has 1 saturated carbocycles. The van der Waals surface area contributed by atoms with Crippen LogP contribution in [0, 0.1) is 11.3 Å². The molecule has 1 aliphatic rings. The van der Waals surface area contributed by atoms with Gasteiger partial charge in [-0.25, -0.2) is 0 Å². The fourth-order valence-electron chi connectivity index (χ4n) is 3.28. The highest BCUT2D eigenvalue weighted by Crippen LogP contribution is 2.30. The van der Waals surface area contributed by atoms with Gasteiger partial charge in [-0.1, -0.05) is 42.6 Å². The third-order valence-electron chi connectivity index (χ3n) is 4.86. The number of amides is 1. The number of halogens is 1. The van der Waals surface area contributed by atoms with E-state index in [1.165, 1.54) is 0 Å². The Morgan fingerprint density at radius 1 is 1.21 bits per heavy atom. The zero-order valence-corrected chi connectivity index (χ0v) is 17.0. The van der Waals surface area contributed by atoms with Gasteiger partial charge in [-0.2, -0.15) is 5.26 Å². The van der Waals surface area contributed by atoms with Crippen molar-refractivity contribution in [3.63, 3.8) is 0 Å². The highest BCUT2D eigenvalue weighted by Gasteiger charge is 2.19. The van der Waals surface area contributed by atoms with E-state index in [-0.39, 0.29) is 17.5 Å². The number of nitrogens with one attached hydrogen (secondary N) is 1. The number of carbonyl (C=O) groups is 1. The van der Waals surface area contributed by atoms with E-state index in [1.54, 1.807) is 31.4 Å². The van der Waals surface area contributed by atoms with Crippen molar-refractivity contribution in [1.82, 2.24) is 5.32 Å². The van der Waals surface area contributed by atoms with E-state index in [0.717, 1.165) is 31.2 Å². The summed E-state index contributed by atoms with van der Waals surface area (Å²) in [6, 6.07) is 14.9. The molecule has 0 saturated heterocycles. The topological polar surface area (TPSA) is 71.3 Å². The van der Waals surface area contributed by atoms with Crippen molar-refractivity contribution >= 4 is 23.6 Å². The lowest BCUT2D eigenvalue weighted by atomic mass is 10.1. The monoisotopic (exact) mass is 410 g/mol. The zero-order chi connectivity index (χ0) is 20.6. The standard InChI is InChI=1S/C23H23ClN2O3/c1-28-22-13-17(12-18(14-25)23(27)26-20-4-2-3-5-20)8-11-21(22)29-15-16-6-9-19(24)10-7-16/h6-13,20H,2-5,15H2,1H3,(H,26,27)/b18-12-. The Morgan fingerprint density at radius 3 is 2.59 bits per heavy atom. The maximum atomic E-state index is 12.4. The highest BCUT2D eigenvalue weighted by atomic mass is 35.5. The van der Waals surface area contributed by atoms with Crippen molar-refractivity contribution in [3.8, 4) is 17.6 Å². The van der Waals surface area contributed by atoms with Crippen LogP contribution in [0.2, 0.25) is 5.02 Å². The van der Waals surface area contributed by atoms with E-state index in [4.69, 9.17) is 21.1 Å². The van der Waals surface area contributed by atoms with Crippen molar-refractivity contribution in [3.05, 3.63) is 64.2 Å². The van der Waals surface area contributed by atoms with Crippen molar-refractivity contribution in [1.29, 1.82) is 5.26 Å². The van der Waals surface area contributed by atoms with E-state index in [0.29, 0.717) is 28.7 Å². The highest BCUT2D eigenvalue weighted by molar-refractivity contribution is 6.30. The Balaban J connectivity index is 1.70. The van der Waals surface area contributed by atoms with E-state index in [9.17, 15) is 10.1 Å². The summed E-state index contributed by atoms with van der Waals surface area (Å²) in [5.41, 5.74) is 1.75. The summed E-state index contributed by atoms with van der Waals surface area (Å²) in [5.74, 6) is 0.774. The van der Waals surface area contributed by atoms with Gasteiger partial charge in [-0.05, 0) is 54.3 Å². The van der Waals surface area contributed by atoms with Crippen LogP contribution in [-0.2, 0) is 11.4 Å². The molecule has 1 fully saturated rings. The van der Waals surface area contributed by atoms with E-state index in [2.05, 4.69) is 5.32 Å². The average Bonchev–Trinajstić information content (AvgIpc) is 3.24. The molecule has 29 heavy (non-hydrogen) atoms. The lowest BCUT2D eigenvalue weighted by molar-refractivity contribution is -0.117. The minimum Gasteiger partial charge on any atom is -0.493 e. The number of carbonyl (C=O) groups excluding carboxylic acids is 1. The van der Waals surface area contributed by atoms with Crippen molar-refractivity contribution < 1.29 is 14.3 Å². The SMILES string of the molecule is COc1cc(/C=C(/C#N)C(=O)NC2CCCC2)ccc1OCc1ccc(Cl)cc1. The smallest absolute Gasteiger partial charge is 0.262 e. The fraction of sp³-hybridized carbons (Fsp3) is 0.304. The third kappa shape index (κ3) is 5.75. The van der Waals surface area contributed by atoms with E-state index < -0.39 is 0 Å². The predicted octanol–water partition coefficient (Wildman–Crippen LogP) is 4.89. The summed E-state index contributed by atoms with van der Waals surface area (Å²) >= 11 is 5.90. The molecular formula is C23H23ClN2O3. The first-order chi connectivity index (χ1) is 14.1. The van der Waals surface area contributed by atoms with E-state index >= 15 is 0 Å². The third-order valence-corrected chi connectivity index (χ3v) is 5.11. The van der Waals surface area contributed by atoms with Gasteiger partial charge in [0.1, 0.15) is 18.2 Å². The quantitative estimate of drug-likeness (QED) is 0.521. The molecule has 3 rings (SSSR count). The van der Waals surface area contributed by atoms with Gasteiger partial charge < -0.3 is 14.8 Å². The van der Waals surface area contributed by atoms with Crippen molar-refractivity contribution in [2.75, 3.05) is 7.11 Å². The first kappa shape index (κ1) is 20.8. The molecule has 0 radical (unpaired) electrons. The minimum absolute atomic E-state index is 0.0776. The molecule has 5 nitrogen and oxygen atoms in total. The van der Waals surface area contributed by atoms with Crippen LogP contribution >= 0.6 is 11.6 Å². The van der Waals surface area contributed by atoms with Crippen molar-refractivity contribution in [2.45, 2.75) is 38.3 Å². The largest absolute Gasteiger partial charge is 0.493 e. The Morgan fingerprint density at radius 2 is 1.93 bits per heavy atom. The van der Waals surface area contributed by atoms with Gasteiger partial charge in [0, 0.05) is 11.1 Å². The van der Waals surface area contributed by atoms with Crippen LogP contribution < -0.4 is 14.8 Å². The van der Waals surface area contributed by atoms with Crippen LogP contribution in [0.5, 0.6) is 11.5 Å². The second-order valence-electron chi connectivity index (χ2n) is 6.95. The molecule has 6 heteroatoms. The summed E-state index contributed by atoms with van der Waals surface area (Å²) in [4.78, 5) is 12.4. The molecule has 2 aromatic carbocycles. The van der Waals surface area contributed by atoms with Crippen LogP contribution in [0.4, 0.5) is 0 Å². The number of benzene rings is 2. The molecule has 1 N–H and O–H groups in total. The van der Waals surface area contributed by atoms with Crippen LogP contribution in [0.25, 0.3) is 6.08 Å². The molecule has 150 valence electrons. The number of ether oxygens (including phenoxy) is 2. The molecular weight excluding hydrogens is 388 g/mol. The van der Waals surface area contributed by atoms with Crippen LogP contribution in [0.3, 0.4) is 0 Å². The van der Waals surface area contributed by atoms with Gasteiger partial charge in [0.15, 0.2) is 11.5 Å². The summed E-state index contributed by atoms with van der Waals surface area (Å²) in [5, 5.41) is 13.0. The van der Waals surface area contributed by atoms with Crippen LogP contribution in [0.15, 0.2) is 48.0 Å². The molecule has 0 spiro atoms.